The number of aliphatic imine (C=N–C) groups is 1. The van der Waals surface area contributed by atoms with E-state index in [1.54, 1.807) is 7.05 Å². The number of hydrogen-bond donors (Lipinski definition) is 3. The van der Waals surface area contributed by atoms with Crippen molar-refractivity contribution in [2.24, 2.45) is 4.99 Å². The maximum absolute atomic E-state index is 12.0. The minimum atomic E-state index is -3.42. The first kappa shape index (κ1) is 26.1. The van der Waals surface area contributed by atoms with Crippen LogP contribution in [0.5, 0.6) is 0 Å². The minimum absolute atomic E-state index is 0. The number of hydrogen-bond acceptors (Lipinski definition) is 5. The van der Waals surface area contributed by atoms with E-state index in [1.807, 2.05) is 37.3 Å². The van der Waals surface area contributed by atoms with Crippen LogP contribution in [0.3, 0.4) is 0 Å². The molecule has 0 heterocycles. The minimum Gasteiger partial charge on any atom is -0.355 e. The molecule has 0 saturated heterocycles. The van der Waals surface area contributed by atoms with Gasteiger partial charge < -0.3 is 10.6 Å². The number of halogens is 1. The van der Waals surface area contributed by atoms with Crippen LogP contribution in [0.4, 0.5) is 0 Å². The second kappa shape index (κ2) is 12.5. The number of nitrogens with zero attached hydrogens (tertiary/aromatic N) is 1. The predicted molar refractivity (Wildman–Crippen MR) is 121 cm³/mol. The average Bonchev–Trinajstić information content (AvgIpc) is 2.57. The molecule has 1 unspecified atom stereocenters. The molecule has 1 rings (SSSR count). The summed E-state index contributed by atoms with van der Waals surface area (Å²) in [5.41, 5.74) is 0.890. The van der Waals surface area contributed by atoms with Crippen LogP contribution in [0.25, 0.3) is 0 Å². The summed E-state index contributed by atoms with van der Waals surface area (Å²) >= 11 is 0. The molecule has 0 bridgehead atoms. The van der Waals surface area contributed by atoms with Crippen molar-refractivity contribution in [1.29, 1.82) is 0 Å². The highest BCUT2D eigenvalue weighted by Gasteiger charge is 2.12. The van der Waals surface area contributed by atoms with E-state index >= 15 is 0 Å². The Morgan fingerprint density at radius 2 is 1.74 bits per heavy atom. The van der Waals surface area contributed by atoms with Crippen LogP contribution in [-0.2, 0) is 26.4 Å². The van der Waals surface area contributed by atoms with Crippen LogP contribution >= 0.6 is 24.0 Å². The van der Waals surface area contributed by atoms with Crippen LogP contribution in [0.1, 0.15) is 18.9 Å². The lowest BCUT2D eigenvalue weighted by Gasteiger charge is -2.17. The first-order chi connectivity index (χ1) is 12.1. The molecule has 1 aromatic carbocycles. The molecule has 11 heteroatoms. The van der Waals surface area contributed by atoms with Crippen LogP contribution in [0.2, 0.25) is 0 Å². The van der Waals surface area contributed by atoms with Crippen molar-refractivity contribution in [2.75, 3.05) is 31.4 Å². The molecule has 0 aromatic heterocycles. The van der Waals surface area contributed by atoms with E-state index in [0.717, 1.165) is 5.56 Å². The topological polar surface area (TPSA) is 117 Å². The molecule has 1 aromatic rings. The molecular weight excluding hydrogens is 503 g/mol. The highest BCUT2D eigenvalue weighted by molar-refractivity contribution is 14.0. The molecule has 8 nitrogen and oxygen atoms in total. The maximum atomic E-state index is 12.0. The van der Waals surface area contributed by atoms with Gasteiger partial charge in [-0.2, -0.15) is 0 Å². The molecule has 0 fully saturated rings. The number of nitrogens with one attached hydrogen (secondary N) is 3. The Kier molecular flexibility index (Phi) is 12.1. The van der Waals surface area contributed by atoms with E-state index in [0.29, 0.717) is 12.4 Å². The van der Waals surface area contributed by atoms with Crippen LogP contribution < -0.4 is 15.4 Å². The molecular formula is C16H29IN4O4S2. The van der Waals surface area contributed by atoms with Crippen molar-refractivity contribution >= 4 is 49.8 Å². The van der Waals surface area contributed by atoms with Crippen molar-refractivity contribution in [3.05, 3.63) is 35.9 Å². The van der Waals surface area contributed by atoms with Crippen LogP contribution in [0, 0.1) is 0 Å². The fourth-order valence-corrected chi connectivity index (χ4v) is 3.74. The highest BCUT2D eigenvalue weighted by Crippen LogP contribution is 1.99. The van der Waals surface area contributed by atoms with E-state index in [-0.39, 0.29) is 54.6 Å². The molecule has 0 aliphatic heterocycles. The van der Waals surface area contributed by atoms with Gasteiger partial charge in [-0.3, -0.25) is 4.99 Å². The summed E-state index contributed by atoms with van der Waals surface area (Å²) in [6.07, 6.45) is 1.64. The number of sulfonamides is 1. The quantitative estimate of drug-likeness (QED) is 0.232. The summed E-state index contributed by atoms with van der Waals surface area (Å²) in [4.78, 5) is 4.02. The molecule has 0 saturated carbocycles. The Morgan fingerprint density at radius 1 is 1.11 bits per heavy atom. The zero-order valence-corrected chi connectivity index (χ0v) is 19.8. The summed E-state index contributed by atoms with van der Waals surface area (Å²) in [5.74, 6) is 0.415. The molecule has 0 aliphatic rings. The van der Waals surface area contributed by atoms with Crippen molar-refractivity contribution in [3.8, 4) is 0 Å². The molecule has 27 heavy (non-hydrogen) atoms. The molecule has 3 N–H and O–H groups in total. The van der Waals surface area contributed by atoms with Gasteiger partial charge in [0.25, 0.3) is 0 Å². The van der Waals surface area contributed by atoms with E-state index in [4.69, 9.17) is 0 Å². The lowest BCUT2D eigenvalue weighted by Crippen LogP contribution is -2.44. The molecule has 1 atom stereocenters. The van der Waals surface area contributed by atoms with Crippen molar-refractivity contribution < 1.29 is 16.8 Å². The summed E-state index contributed by atoms with van der Waals surface area (Å²) in [6, 6.07) is 9.17. The first-order valence-corrected chi connectivity index (χ1v) is 12.0. The Balaban J connectivity index is 0.00000676. The Morgan fingerprint density at radius 3 is 2.30 bits per heavy atom. The van der Waals surface area contributed by atoms with Crippen molar-refractivity contribution in [3.63, 3.8) is 0 Å². The van der Waals surface area contributed by atoms with Crippen LogP contribution in [0.15, 0.2) is 35.3 Å². The maximum Gasteiger partial charge on any atom is 0.213 e. The first-order valence-electron chi connectivity index (χ1n) is 8.27. The molecule has 0 aliphatic carbocycles. The predicted octanol–water partition coefficient (Wildman–Crippen LogP) is 0.712. The third-order valence-electron chi connectivity index (χ3n) is 3.53. The molecule has 0 radical (unpaired) electrons. The van der Waals surface area contributed by atoms with Crippen molar-refractivity contribution in [1.82, 2.24) is 15.4 Å². The fourth-order valence-electron chi connectivity index (χ4n) is 2.06. The fraction of sp³-hybridized carbons (Fsp3) is 0.562. The smallest absolute Gasteiger partial charge is 0.213 e. The third kappa shape index (κ3) is 13.0. The number of rotatable bonds is 10. The van der Waals surface area contributed by atoms with Gasteiger partial charge in [0.05, 0.1) is 11.5 Å². The molecule has 0 amide bonds. The van der Waals surface area contributed by atoms with E-state index in [2.05, 4.69) is 20.3 Å². The van der Waals surface area contributed by atoms with Crippen molar-refractivity contribution in [2.45, 2.75) is 25.9 Å². The van der Waals surface area contributed by atoms with Gasteiger partial charge in [-0.25, -0.2) is 21.6 Å². The molecule has 0 spiro atoms. The van der Waals surface area contributed by atoms with Gasteiger partial charge in [0.2, 0.25) is 10.0 Å². The summed E-state index contributed by atoms with van der Waals surface area (Å²) in [7, 11) is -4.86. The third-order valence-corrected chi connectivity index (χ3v) is 5.83. The van der Waals surface area contributed by atoms with Gasteiger partial charge in [0.15, 0.2) is 5.96 Å². The van der Waals surface area contributed by atoms with Gasteiger partial charge in [0, 0.05) is 32.4 Å². The van der Waals surface area contributed by atoms with E-state index in [1.165, 1.54) is 6.26 Å². The summed E-state index contributed by atoms with van der Waals surface area (Å²) in [5, 5.41) is 5.96. The van der Waals surface area contributed by atoms with Gasteiger partial charge in [0.1, 0.15) is 9.84 Å². The Bertz CT molecular complexity index is 784. The van der Waals surface area contributed by atoms with Gasteiger partial charge in [-0.1, -0.05) is 30.3 Å². The number of benzene rings is 1. The standard InChI is InChI=1S/C16H28N4O4S2.HI/c1-14(9-11-25(3,21)22)20-16(17-2)18-10-12-26(23,24)19-13-15-7-5-4-6-8-15;/h4-8,14,19H,9-13H2,1-3H3,(H2,17,18,20);1H. The van der Waals surface area contributed by atoms with E-state index in [9.17, 15) is 16.8 Å². The monoisotopic (exact) mass is 532 g/mol. The average molecular weight is 532 g/mol. The summed E-state index contributed by atoms with van der Waals surface area (Å²) in [6.45, 7) is 2.28. The van der Waals surface area contributed by atoms with Gasteiger partial charge in [-0.05, 0) is 18.9 Å². The zero-order chi connectivity index (χ0) is 19.6. The largest absolute Gasteiger partial charge is 0.355 e. The Labute approximate surface area is 179 Å². The number of guanidine groups is 1. The lowest BCUT2D eigenvalue weighted by atomic mass is 10.2. The second-order valence-corrected chi connectivity index (χ2v) is 10.3. The lowest BCUT2D eigenvalue weighted by molar-refractivity contribution is 0.575. The van der Waals surface area contributed by atoms with Gasteiger partial charge >= 0.3 is 0 Å². The zero-order valence-electron chi connectivity index (χ0n) is 15.8. The second-order valence-electron chi connectivity index (χ2n) is 6.09. The SMILES string of the molecule is CN=C(NCCS(=O)(=O)NCc1ccccc1)NC(C)CCS(C)(=O)=O.I. The van der Waals surface area contributed by atoms with E-state index < -0.39 is 19.9 Å². The Hall–Kier alpha value is -0.920. The summed E-state index contributed by atoms with van der Waals surface area (Å²) < 4.78 is 49.0. The van der Waals surface area contributed by atoms with Crippen LogP contribution in [-0.4, -0.2) is 60.2 Å². The van der Waals surface area contributed by atoms with Gasteiger partial charge in [-0.15, -0.1) is 24.0 Å². The normalized spacial score (nSPS) is 13.5. The number of sulfone groups is 1. The molecule has 156 valence electrons. The highest BCUT2D eigenvalue weighted by atomic mass is 127.